The lowest BCUT2D eigenvalue weighted by Gasteiger charge is -2.04. The first-order chi connectivity index (χ1) is 11.6. The number of aryl methyl sites for hydroxylation is 1. The van der Waals surface area contributed by atoms with Crippen molar-refractivity contribution in [1.82, 2.24) is 25.0 Å². The number of aromatic nitrogens is 4. The third kappa shape index (κ3) is 3.19. The van der Waals surface area contributed by atoms with E-state index < -0.39 is 0 Å². The Morgan fingerprint density at radius 3 is 2.83 bits per heavy atom. The second kappa shape index (κ2) is 6.66. The first-order valence-electron chi connectivity index (χ1n) is 7.71. The number of amides is 1. The number of carbonyl (C=O) groups excluding carboxylic acids is 1. The molecule has 0 bridgehead atoms. The molecule has 0 atom stereocenters. The van der Waals surface area contributed by atoms with Gasteiger partial charge in [0.15, 0.2) is 0 Å². The summed E-state index contributed by atoms with van der Waals surface area (Å²) in [6, 6.07) is 7.39. The molecule has 124 valence electrons. The molecule has 0 aromatic carbocycles. The summed E-state index contributed by atoms with van der Waals surface area (Å²) in [4.78, 5) is 20.7. The molecule has 3 aromatic heterocycles. The maximum Gasteiger partial charge on any atom is 0.253 e. The second-order valence-electron chi connectivity index (χ2n) is 5.58. The highest BCUT2D eigenvalue weighted by molar-refractivity contribution is 5.95. The van der Waals surface area contributed by atoms with Crippen LogP contribution in [0.1, 0.15) is 27.6 Å². The van der Waals surface area contributed by atoms with Gasteiger partial charge in [0.25, 0.3) is 5.91 Å². The minimum absolute atomic E-state index is 0.0966. The van der Waals surface area contributed by atoms with Crippen LogP contribution < -0.4 is 5.32 Å². The van der Waals surface area contributed by atoms with Crippen LogP contribution in [0.5, 0.6) is 0 Å². The van der Waals surface area contributed by atoms with Crippen molar-refractivity contribution < 1.29 is 9.32 Å². The molecule has 0 fully saturated rings. The third-order valence-electron chi connectivity index (χ3n) is 4.01. The number of hydrogen-bond donors (Lipinski definition) is 1. The van der Waals surface area contributed by atoms with Gasteiger partial charge in [0.1, 0.15) is 5.69 Å². The summed E-state index contributed by atoms with van der Waals surface area (Å²) >= 11 is 0. The summed E-state index contributed by atoms with van der Waals surface area (Å²) in [6.07, 6.45) is 2.15. The van der Waals surface area contributed by atoms with Gasteiger partial charge in [-0.3, -0.25) is 9.78 Å². The molecule has 24 heavy (non-hydrogen) atoms. The van der Waals surface area contributed by atoms with Crippen LogP contribution in [-0.4, -0.2) is 32.1 Å². The fourth-order valence-corrected chi connectivity index (χ4v) is 2.42. The van der Waals surface area contributed by atoms with Crippen LogP contribution in [0.3, 0.4) is 0 Å². The lowest BCUT2D eigenvalue weighted by molar-refractivity contribution is 0.0952. The molecule has 0 aliphatic carbocycles. The van der Waals surface area contributed by atoms with E-state index in [1.165, 1.54) is 0 Å². The van der Waals surface area contributed by atoms with Crippen molar-refractivity contribution in [3.63, 3.8) is 0 Å². The third-order valence-corrected chi connectivity index (χ3v) is 4.01. The van der Waals surface area contributed by atoms with Crippen LogP contribution in [0.15, 0.2) is 35.0 Å². The van der Waals surface area contributed by atoms with Crippen LogP contribution in [0, 0.1) is 13.8 Å². The minimum atomic E-state index is -0.0966. The van der Waals surface area contributed by atoms with Gasteiger partial charge in [-0.25, -0.2) is 0 Å². The van der Waals surface area contributed by atoms with Crippen LogP contribution >= 0.6 is 0 Å². The zero-order valence-corrected chi connectivity index (χ0v) is 13.9. The van der Waals surface area contributed by atoms with Gasteiger partial charge in [0.05, 0.1) is 5.56 Å². The van der Waals surface area contributed by atoms with Crippen molar-refractivity contribution in [3.8, 4) is 11.5 Å². The largest absolute Gasteiger partial charge is 0.351 e. The van der Waals surface area contributed by atoms with E-state index in [2.05, 4.69) is 20.4 Å². The van der Waals surface area contributed by atoms with Crippen molar-refractivity contribution >= 4 is 5.91 Å². The number of rotatable bonds is 5. The van der Waals surface area contributed by atoms with E-state index in [1.54, 1.807) is 6.20 Å². The lowest BCUT2D eigenvalue weighted by Crippen LogP contribution is -2.26. The molecule has 0 radical (unpaired) electrons. The second-order valence-corrected chi connectivity index (χ2v) is 5.58. The summed E-state index contributed by atoms with van der Waals surface area (Å²) in [7, 11) is 1.94. The van der Waals surface area contributed by atoms with Crippen molar-refractivity contribution in [2.45, 2.75) is 20.3 Å². The van der Waals surface area contributed by atoms with E-state index in [0.29, 0.717) is 35.9 Å². The van der Waals surface area contributed by atoms with Gasteiger partial charge >= 0.3 is 0 Å². The minimum Gasteiger partial charge on any atom is -0.351 e. The van der Waals surface area contributed by atoms with Gasteiger partial charge in [-0.2, -0.15) is 4.98 Å². The Morgan fingerprint density at radius 2 is 2.17 bits per heavy atom. The normalized spacial score (nSPS) is 10.8. The molecule has 0 aliphatic heterocycles. The quantitative estimate of drug-likeness (QED) is 0.776. The van der Waals surface area contributed by atoms with Crippen LogP contribution in [0.4, 0.5) is 0 Å². The molecule has 0 spiro atoms. The van der Waals surface area contributed by atoms with E-state index in [4.69, 9.17) is 4.52 Å². The molecule has 0 aliphatic rings. The number of carbonyl (C=O) groups is 1. The number of nitrogens with zero attached hydrogens (tertiary/aromatic N) is 4. The fourth-order valence-electron chi connectivity index (χ4n) is 2.42. The van der Waals surface area contributed by atoms with Crippen LogP contribution in [-0.2, 0) is 13.5 Å². The predicted molar refractivity (Wildman–Crippen MR) is 88.5 cm³/mol. The van der Waals surface area contributed by atoms with Gasteiger partial charge in [0.2, 0.25) is 11.7 Å². The van der Waals surface area contributed by atoms with Crippen LogP contribution in [0.2, 0.25) is 0 Å². The van der Waals surface area contributed by atoms with Gasteiger partial charge in [0, 0.05) is 37.6 Å². The Balaban J connectivity index is 1.58. The van der Waals surface area contributed by atoms with E-state index in [1.807, 2.05) is 49.7 Å². The zero-order valence-electron chi connectivity index (χ0n) is 13.9. The number of pyridine rings is 1. The van der Waals surface area contributed by atoms with Gasteiger partial charge in [-0.05, 0) is 32.0 Å². The average molecular weight is 325 g/mol. The fraction of sp³-hybridized carbons (Fsp3) is 0.294. The Morgan fingerprint density at radius 1 is 1.33 bits per heavy atom. The van der Waals surface area contributed by atoms with Gasteiger partial charge < -0.3 is 14.4 Å². The summed E-state index contributed by atoms with van der Waals surface area (Å²) in [5, 5.41) is 6.79. The molecule has 1 amide bonds. The molecule has 1 N–H and O–H groups in total. The van der Waals surface area contributed by atoms with Crippen molar-refractivity contribution in [3.05, 3.63) is 53.3 Å². The standard InChI is InChI=1S/C17H19N5O2/c1-11-10-13(12(2)22(11)3)17(23)19-9-7-15-20-16(21-24-15)14-6-4-5-8-18-14/h4-6,8,10H,7,9H2,1-3H3,(H,19,23). The SMILES string of the molecule is Cc1cc(C(=O)NCCc2nc(-c3ccccn3)no2)c(C)n1C. The topological polar surface area (TPSA) is 85.8 Å². The summed E-state index contributed by atoms with van der Waals surface area (Å²) < 4.78 is 7.19. The summed E-state index contributed by atoms with van der Waals surface area (Å²) in [5.41, 5.74) is 3.34. The highest BCUT2D eigenvalue weighted by Crippen LogP contribution is 2.13. The molecule has 0 saturated carbocycles. The molecule has 7 nitrogen and oxygen atoms in total. The predicted octanol–water partition coefficient (Wildman–Crippen LogP) is 2.06. The molecule has 0 unspecified atom stereocenters. The highest BCUT2D eigenvalue weighted by atomic mass is 16.5. The van der Waals surface area contributed by atoms with Gasteiger partial charge in [-0.1, -0.05) is 11.2 Å². The van der Waals surface area contributed by atoms with E-state index >= 15 is 0 Å². The molecular formula is C17H19N5O2. The first-order valence-corrected chi connectivity index (χ1v) is 7.71. The Labute approximate surface area is 139 Å². The molecule has 3 rings (SSSR count). The Hall–Kier alpha value is -2.96. The van der Waals surface area contributed by atoms with Crippen molar-refractivity contribution in [2.24, 2.45) is 7.05 Å². The summed E-state index contributed by atoms with van der Waals surface area (Å²) in [5.74, 6) is 0.823. The van der Waals surface area contributed by atoms with E-state index in [0.717, 1.165) is 11.4 Å². The molecule has 3 aromatic rings. The molecular weight excluding hydrogens is 306 g/mol. The lowest BCUT2D eigenvalue weighted by atomic mass is 10.2. The number of nitrogens with one attached hydrogen (secondary N) is 1. The average Bonchev–Trinajstić information content (AvgIpc) is 3.16. The summed E-state index contributed by atoms with van der Waals surface area (Å²) in [6.45, 7) is 4.33. The molecule has 3 heterocycles. The van der Waals surface area contributed by atoms with E-state index in [-0.39, 0.29) is 5.91 Å². The monoisotopic (exact) mass is 325 g/mol. The Bertz CT molecular complexity index is 851. The molecule has 7 heteroatoms. The van der Waals surface area contributed by atoms with Gasteiger partial charge in [-0.15, -0.1) is 0 Å². The smallest absolute Gasteiger partial charge is 0.253 e. The Kier molecular flexibility index (Phi) is 4.41. The maximum absolute atomic E-state index is 12.2. The van der Waals surface area contributed by atoms with Crippen molar-refractivity contribution in [1.29, 1.82) is 0 Å². The number of hydrogen-bond acceptors (Lipinski definition) is 5. The zero-order chi connectivity index (χ0) is 17.1. The maximum atomic E-state index is 12.2. The molecule has 0 saturated heterocycles. The highest BCUT2D eigenvalue weighted by Gasteiger charge is 2.14. The first kappa shape index (κ1) is 15.9. The van der Waals surface area contributed by atoms with Crippen LogP contribution in [0.25, 0.3) is 11.5 Å². The van der Waals surface area contributed by atoms with Crippen molar-refractivity contribution in [2.75, 3.05) is 6.54 Å². The van der Waals surface area contributed by atoms with E-state index in [9.17, 15) is 4.79 Å².